The van der Waals surface area contributed by atoms with Gasteiger partial charge in [-0.3, -0.25) is 4.79 Å². The molecule has 2 aromatic rings. The molecule has 0 saturated heterocycles. The van der Waals surface area contributed by atoms with Crippen LogP contribution in [0.2, 0.25) is 0 Å². The monoisotopic (exact) mass is 266 g/mol. The Morgan fingerprint density at radius 2 is 2.29 bits per heavy atom. The van der Waals surface area contributed by atoms with Crippen molar-refractivity contribution in [1.29, 1.82) is 0 Å². The Hall–Kier alpha value is -1.60. The highest BCUT2D eigenvalue weighted by Gasteiger charge is 2.10. The van der Waals surface area contributed by atoms with E-state index < -0.39 is 5.91 Å². The van der Waals surface area contributed by atoms with Gasteiger partial charge in [-0.2, -0.15) is 0 Å². The molecule has 7 heteroatoms. The zero-order valence-corrected chi connectivity index (χ0v) is 10.6. The van der Waals surface area contributed by atoms with Crippen molar-refractivity contribution in [2.45, 2.75) is 16.3 Å². The van der Waals surface area contributed by atoms with Crippen LogP contribution in [0.1, 0.15) is 16.1 Å². The quantitative estimate of drug-likeness (QED) is 0.881. The summed E-state index contributed by atoms with van der Waals surface area (Å²) in [4.78, 5) is 19.5. The molecule has 0 unspecified atom stereocenters. The molecule has 0 saturated carbocycles. The number of rotatable bonds is 3. The number of hydrogen-bond donors (Lipinski definition) is 2. The fourth-order valence-electron chi connectivity index (χ4n) is 1.18. The summed E-state index contributed by atoms with van der Waals surface area (Å²) < 4.78 is 0.871. The highest BCUT2D eigenvalue weighted by molar-refractivity contribution is 8.01. The van der Waals surface area contributed by atoms with Crippen molar-refractivity contribution in [3.63, 3.8) is 0 Å². The third kappa shape index (κ3) is 2.75. The predicted octanol–water partition coefficient (Wildman–Crippen LogP) is 1.68. The van der Waals surface area contributed by atoms with Crippen molar-refractivity contribution in [3.8, 4) is 0 Å². The van der Waals surface area contributed by atoms with Gasteiger partial charge in [-0.15, -0.1) is 11.3 Å². The molecular formula is C10H10N4OS2. The first kappa shape index (κ1) is 11.9. The molecule has 5 nitrogen and oxygen atoms in total. The van der Waals surface area contributed by atoms with Crippen molar-refractivity contribution in [3.05, 3.63) is 28.9 Å². The number of aromatic nitrogens is 2. The molecule has 0 bridgehead atoms. The number of carbonyl (C=O) groups excluding carboxylic acids is 1. The summed E-state index contributed by atoms with van der Waals surface area (Å²) >= 11 is 2.91. The molecule has 2 heterocycles. The lowest BCUT2D eigenvalue weighted by molar-refractivity contribution is 0.100. The van der Waals surface area contributed by atoms with Crippen LogP contribution in [0.5, 0.6) is 0 Å². The van der Waals surface area contributed by atoms with E-state index >= 15 is 0 Å². The van der Waals surface area contributed by atoms with E-state index in [1.807, 2.05) is 12.3 Å². The van der Waals surface area contributed by atoms with Gasteiger partial charge in [0.2, 0.25) is 0 Å². The molecule has 2 rings (SSSR count). The Kier molecular flexibility index (Phi) is 3.30. The molecule has 0 radical (unpaired) electrons. The van der Waals surface area contributed by atoms with Gasteiger partial charge in [0.1, 0.15) is 5.03 Å². The maximum Gasteiger partial charge on any atom is 0.250 e. The Morgan fingerprint density at radius 3 is 2.88 bits per heavy atom. The van der Waals surface area contributed by atoms with Crippen LogP contribution in [0, 0.1) is 6.92 Å². The van der Waals surface area contributed by atoms with Crippen molar-refractivity contribution in [2.24, 2.45) is 5.73 Å². The van der Waals surface area contributed by atoms with Crippen LogP contribution in [0.25, 0.3) is 0 Å². The van der Waals surface area contributed by atoms with E-state index in [0.717, 1.165) is 10.0 Å². The molecule has 17 heavy (non-hydrogen) atoms. The molecule has 2 aromatic heterocycles. The number of primary amides is 1. The fourth-order valence-corrected chi connectivity index (χ4v) is 2.95. The van der Waals surface area contributed by atoms with E-state index in [-0.39, 0.29) is 11.3 Å². The molecule has 0 spiro atoms. The molecule has 4 N–H and O–H groups in total. The van der Waals surface area contributed by atoms with Gasteiger partial charge >= 0.3 is 0 Å². The average Bonchev–Trinajstić information content (AvgIpc) is 2.66. The van der Waals surface area contributed by atoms with E-state index in [1.54, 1.807) is 6.07 Å². The smallest absolute Gasteiger partial charge is 0.250 e. The Balaban J connectivity index is 2.28. The minimum atomic E-state index is -0.554. The summed E-state index contributed by atoms with van der Waals surface area (Å²) in [5.74, 6) is -0.554. The molecule has 0 aliphatic carbocycles. The van der Waals surface area contributed by atoms with Crippen LogP contribution >= 0.6 is 23.1 Å². The Labute approximate surface area is 106 Å². The van der Waals surface area contributed by atoms with Gasteiger partial charge in [-0.05, 0) is 24.8 Å². The van der Waals surface area contributed by atoms with Gasteiger partial charge < -0.3 is 11.5 Å². The summed E-state index contributed by atoms with van der Waals surface area (Å²) in [5.41, 5.74) is 12.4. The van der Waals surface area contributed by atoms with Crippen LogP contribution in [0.15, 0.2) is 27.0 Å². The largest absolute Gasteiger partial charge is 0.397 e. The molecule has 1 amide bonds. The van der Waals surface area contributed by atoms with Crippen LogP contribution in [-0.4, -0.2) is 15.9 Å². The van der Waals surface area contributed by atoms with Crippen LogP contribution in [0.4, 0.5) is 5.69 Å². The summed E-state index contributed by atoms with van der Waals surface area (Å²) in [7, 11) is 0. The van der Waals surface area contributed by atoms with Gasteiger partial charge in [0.05, 0.1) is 17.4 Å². The highest BCUT2D eigenvalue weighted by Crippen LogP contribution is 2.30. The van der Waals surface area contributed by atoms with Gasteiger partial charge in [-0.1, -0.05) is 0 Å². The third-order valence-corrected chi connectivity index (χ3v) is 3.95. The van der Waals surface area contributed by atoms with E-state index in [9.17, 15) is 4.79 Å². The number of pyridine rings is 1. The maximum atomic E-state index is 11.1. The number of hydrogen-bond acceptors (Lipinski definition) is 6. The number of carbonyl (C=O) groups is 1. The molecule has 0 fully saturated rings. The Morgan fingerprint density at radius 1 is 1.53 bits per heavy atom. The van der Waals surface area contributed by atoms with Crippen molar-refractivity contribution in [2.75, 3.05) is 5.73 Å². The van der Waals surface area contributed by atoms with Crippen molar-refractivity contribution >= 4 is 34.7 Å². The SMILES string of the molecule is Cc1csc(Sc2cc(C(N)=O)c(N)cn2)n1. The zero-order chi connectivity index (χ0) is 12.4. The van der Waals surface area contributed by atoms with E-state index in [1.165, 1.54) is 29.3 Å². The average molecular weight is 266 g/mol. The lowest BCUT2D eigenvalue weighted by Gasteiger charge is -2.03. The van der Waals surface area contributed by atoms with Gasteiger partial charge in [0, 0.05) is 11.1 Å². The van der Waals surface area contributed by atoms with Gasteiger partial charge in [-0.25, -0.2) is 9.97 Å². The number of thiazole rings is 1. The summed E-state index contributed by atoms with van der Waals surface area (Å²) in [6.45, 7) is 1.92. The molecule has 0 aromatic carbocycles. The number of amides is 1. The first-order chi connectivity index (χ1) is 8.06. The van der Waals surface area contributed by atoms with Crippen LogP contribution < -0.4 is 11.5 Å². The standard InChI is InChI=1S/C10H10N4OS2/c1-5-4-16-10(14-5)17-8-2-6(9(12)15)7(11)3-13-8/h2-4H,11H2,1H3,(H2,12,15). The number of nitrogen functional groups attached to an aromatic ring is 1. The van der Waals surface area contributed by atoms with Crippen molar-refractivity contribution < 1.29 is 4.79 Å². The van der Waals surface area contributed by atoms with Crippen molar-refractivity contribution in [1.82, 2.24) is 9.97 Å². The first-order valence-electron chi connectivity index (χ1n) is 4.71. The molecule has 88 valence electrons. The summed E-state index contributed by atoms with van der Waals surface area (Å²) in [6.07, 6.45) is 1.43. The second-order valence-corrected chi connectivity index (χ2v) is 5.46. The van der Waals surface area contributed by atoms with Crippen LogP contribution in [-0.2, 0) is 0 Å². The fraction of sp³-hybridized carbons (Fsp3) is 0.100. The topological polar surface area (TPSA) is 94.9 Å². The summed E-state index contributed by atoms with van der Waals surface area (Å²) in [6, 6.07) is 1.58. The number of aryl methyl sites for hydroxylation is 1. The number of nitrogens with two attached hydrogens (primary N) is 2. The van der Waals surface area contributed by atoms with E-state index in [4.69, 9.17) is 11.5 Å². The maximum absolute atomic E-state index is 11.1. The zero-order valence-electron chi connectivity index (χ0n) is 9.01. The molecule has 0 aliphatic rings. The van der Waals surface area contributed by atoms with E-state index in [0.29, 0.717) is 5.03 Å². The molecule has 0 aliphatic heterocycles. The lowest BCUT2D eigenvalue weighted by Crippen LogP contribution is -2.13. The third-order valence-electron chi connectivity index (χ3n) is 1.96. The minimum absolute atomic E-state index is 0.288. The molecule has 0 atom stereocenters. The second kappa shape index (κ2) is 4.72. The Bertz CT molecular complexity index is 567. The molecular weight excluding hydrogens is 256 g/mol. The van der Waals surface area contributed by atoms with Gasteiger partial charge in [0.15, 0.2) is 4.34 Å². The normalized spacial score (nSPS) is 10.4. The first-order valence-corrected chi connectivity index (χ1v) is 6.41. The minimum Gasteiger partial charge on any atom is -0.397 e. The second-order valence-electron chi connectivity index (χ2n) is 3.33. The highest BCUT2D eigenvalue weighted by atomic mass is 32.2. The number of nitrogens with zero attached hydrogens (tertiary/aromatic N) is 2. The van der Waals surface area contributed by atoms with E-state index in [2.05, 4.69) is 9.97 Å². The number of anilines is 1. The van der Waals surface area contributed by atoms with Crippen LogP contribution in [0.3, 0.4) is 0 Å². The predicted molar refractivity (Wildman–Crippen MR) is 68.1 cm³/mol. The van der Waals surface area contributed by atoms with Gasteiger partial charge in [0.25, 0.3) is 5.91 Å². The lowest BCUT2D eigenvalue weighted by atomic mass is 10.2. The summed E-state index contributed by atoms with van der Waals surface area (Å²) in [5, 5.41) is 2.61.